The molecule has 1 amide bonds. The van der Waals surface area contributed by atoms with E-state index in [4.69, 9.17) is 0 Å². The lowest BCUT2D eigenvalue weighted by molar-refractivity contribution is -0.384. The minimum absolute atomic E-state index is 0.0369. The Morgan fingerprint density at radius 3 is 2.45 bits per heavy atom. The Labute approximate surface area is 164 Å². The number of aromatic nitrogens is 2. The first-order valence-electron chi connectivity index (χ1n) is 8.75. The average molecular weight is 396 g/mol. The molecule has 148 valence electrons. The van der Waals surface area contributed by atoms with Gasteiger partial charge < -0.3 is 5.32 Å². The predicted octanol–water partition coefficient (Wildman–Crippen LogP) is 2.32. The Morgan fingerprint density at radius 1 is 1.14 bits per heavy atom. The summed E-state index contributed by atoms with van der Waals surface area (Å²) < 4.78 is 14.4. The molecular formula is C20H17FN4O4. The van der Waals surface area contributed by atoms with E-state index in [-0.39, 0.29) is 42.5 Å². The van der Waals surface area contributed by atoms with E-state index in [1.54, 1.807) is 12.1 Å². The van der Waals surface area contributed by atoms with Gasteiger partial charge in [0.1, 0.15) is 5.82 Å². The van der Waals surface area contributed by atoms with E-state index in [0.29, 0.717) is 16.8 Å². The van der Waals surface area contributed by atoms with Crippen molar-refractivity contribution < 1.29 is 14.1 Å². The van der Waals surface area contributed by atoms with Crippen LogP contribution in [0.1, 0.15) is 5.56 Å². The normalized spacial score (nSPS) is 10.5. The maximum atomic E-state index is 13.0. The van der Waals surface area contributed by atoms with Crippen molar-refractivity contribution >= 4 is 11.6 Å². The lowest BCUT2D eigenvalue weighted by Gasteiger charge is -2.08. The molecule has 0 saturated heterocycles. The fraction of sp³-hybridized carbons (Fsp3) is 0.150. The minimum atomic E-state index is -0.503. The molecule has 0 radical (unpaired) electrons. The van der Waals surface area contributed by atoms with Crippen LogP contribution in [0.4, 0.5) is 10.1 Å². The molecule has 1 heterocycles. The molecule has 1 aromatic heterocycles. The maximum Gasteiger partial charge on any atom is 0.269 e. The van der Waals surface area contributed by atoms with Crippen molar-refractivity contribution in [2.75, 3.05) is 6.54 Å². The number of nitrogens with zero attached hydrogens (tertiary/aromatic N) is 3. The second-order valence-electron chi connectivity index (χ2n) is 6.26. The number of carbonyl (C=O) groups is 1. The van der Waals surface area contributed by atoms with Gasteiger partial charge in [0, 0.05) is 36.9 Å². The number of rotatable bonds is 7. The highest BCUT2D eigenvalue weighted by Crippen LogP contribution is 2.15. The Bertz CT molecular complexity index is 1080. The van der Waals surface area contributed by atoms with Gasteiger partial charge in [-0.2, -0.15) is 0 Å². The molecule has 9 heteroatoms. The van der Waals surface area contributed by atoms with Gasteiger partial charge in [0.05, 0.1) is 23.4 Å². The van der Waals surface area contributed by atoms with Gasteiger partial charge in [-0.25, -0.2) is 9.37 Å². The van der Waals surface area contributed by atoms with E-state index >= 15 is 0 Å². The van der Waals surface area contributed by atoms with Crippen LogP contribution in [0.3, 0.4) is 0 Å². The summed E-state index contributed by atoms with van der Waals surface area (Å²) in [7, 11) is 0. The number of non-ortho nitro benzene ring substituents is 1. The highest BCUT2D eigenvalue weighted by molar-refractivity contribution is 5.78. The number of nitro benzene ring substituents is 1. The number of hydrogen-bond acceptors (Lipinski definition) is 5. The largest absolute Gasteiger partial charge is 0.354 e. The first-order chi connectivity index (χ1) is 13.9. The van der Waals surface area contributed by atoms with Crippen LogP contribution in [-0.2, 0) is 17.8 Å². The van der Waals surface area contributed by atoms with Crippen LogP contribution in [0.15, 0.2) is 65.7 Å². The standard InChI is InChI=1S/C20H17FN4O4/c21-16-5-3-15(4-6-16)18-12-20(27)24(13-23-18)10-9-22-19(26)11-14-1-7-17(8-2-14)25(28)29/h1-8,12-13H,9-11H2,(H,22,26). The third-order valence-corrected chi connectivity index (χ3v) is 4.21. The first kappa shape index (κ1) is 19.9. The summed E-state index contributed by atoms with van der Waals surface area (Å²) in [5, 5.41) is 13.3. The van der Waals surface area contributed by atoms with Crippen molar-refractivity contribution in [2.45, 2.75) is 13.0 Å². The number of hydrogen-bond donors (Lipinski definition) is 1. The monoisotopic (exact) mass is 396 g/mol. The van der Waals surface area contributed by atoms with Crippen molar-refractivity contribution in [2.24, 2.45) is 0 Å². The lowest BCUT2D eigenvalue weighted by Crippen LogP contribution is -2.31. The van der Waals surface area contributed by atoms with E-state index in [0.717, 1.165) is 0 Å². The van der Waals surface area contributed by atoms with E-state index in [1.807, 2.05) is 0 Å². The molecule has 0 aliphatic carbocycles. The van der Waals surface area contributed by atoms with Gasteiger partial charge in [-0.05, 0) is 29.8 Å². The molecule has 2 aromatic carbocycles. The van der Waals surface area contributed by atoms with E-state index in [2.05, 4.69) is 10.3 Å². The third kappa shape index (κ3) is 5.32. The minimum Gasteiger partial charge on any atom is -0.354 e. The molecule has 0 bridgehead atoms. The molecule has 0 atom stereocenters. The fourth-order valence-electron chi connectivity index (χ4n) is 2.67. The van der Waals surface area contributed by atoms with E-state index in [1.165, 1.54) is 53.4 Å². The van der Waals surface area contributed by atoms with Crippen LogP contribution >= 0.6 is 0 Å². The maximum absolute atomic E-state index is 13.0. The molecular weight excluding hydrogens is 379 g/mol. The van der Waals surface area contributed by atoms with Crippen molar-refractivity contribution in [3.8, 4) is 11.3 Å². The molecule has 0 saturated carbocycles. The Hall–Kier alpha value is -3.88. The Kier molecular flexibility index (Phi) is 6.08. The molecule has 8 nitrogen and oxygen atoms in total. The summed E-state index contributed by atoms with van der Waals surface area (Å²) in [6.45, 7) is 0.463. The highest BCUT2D eigenvalue weighted by Gasteiger charge is 2.08. The zero-order chi connectivity index (χ0) is 20.8. The van der Waals surface area contributed by atoms with Crippen LogP contribution in [0.2, 0.25) is 0 Å². The number of halogens is 1. The molecule has 0 unspecified atom stereocenters. The van der Waals surface area contributed by atoms with Gasteiger partial charge in [0.25, 0.3) is 11.2 Å². The summed E-state index contributed by atoms with van der Waals surface area (Å²) in [6.07, 6.45) is 1.46. The van der Waals surface area contributed by atoms with Gasteiger partial charge in [-0.15, -0.1) is 0 Å². The van der Waals surface area contributed by atoms with Gasteiger partial charge in [0.15, 0.2) is 0 Å². The van der Waals surface area contributed by atoms with Gasteiger partial charge in [-0.3, -0.25) is 24.3 Å². The number of carbonyl (C=O) groups excluding carboxylic acids is 1. The smallest absolute Gasteiger partial charge is 0.269 e. The second-order valence-corrected chi connectivity index (χ2v) is 6.26. The molecule has 0 aliphatic rings. The topological polar surface area (TPSA) is 107 Å². The summed E-state index contributed by atoms with van der Waals surface area (Å²) in [4.78, 5) is 38.5. The third-order valence-electron chi connectivity index (χ3n) is 4.21. The van der Waals surface area contributed by atoms with Crippen LogP contribution in [0.5, 0.6) is 0 Å². The molecule has 0 fully saturated rings. The van der Waals surface area contributed by atoms with E-state index in [9.17, 15) is 24.1 Å². The molecule has 3 aromatic rings. The molecule has 3 rings (SSSR count). The molecule has 1 N–H and O–H groups in total. The van der Waals surface area contributed by atoms with E-state index < -0.39 is 4.92 Å². The molecule has 0 spiro atoms. The van der Waals surface area contributed by atoms with Crippen molar-refractivity contribution in [3.63, 3.8) is 0 Å². The van der Waals surface area contributed by atoms with Gasteiger partial charge >= 0.3 is 0 Å². The molecule has 0 aliphatic heterocycles. The summed E-state index contributed by atoms with van der Waals surface area (Å²) >= 11 is 0. The van der Waals surface area contributed by atoms with Crippen molar-refractivity contribution in [3.05, 3.63) is 92.8 Å². The van der Waals surface area contributed by atoms with Crippen LogP contribution in [0, 0.1) is 15.9 Å². The number of benzene rings is 2. The van der Waals surface area contributed by atoms with Crippen molar-refractivity contribution in [1.82, 2.24) is 14.9 Å². The lowest BCUT2D eigenvalue weighted by atomic mass is 10.1. The number of amides is 1. The first-order valence-corrected chi connectivity index (χ1v) is 8.75. The Morgan fingerprint density at radius 2 is 1.83 bits per heavy atom. The zero-order valence-electron chi connectivity index (χ0n) is 15.2. The zero-order valence-corrected chi connectivity index (χ0v) is 15.2. The van der Waals surface area contributed by atoms with Crippen LogP contribution < -0.4 is 10.9 Å². The highest BCUT2D eigenvalue weighted by atomic mass is 19.1. The number of nitrogens with one attached hydrogen (secondary N) is 1. The summed E-state index contributed by atoms with van der Waals surface area (Å²) in [5.41, 5.74) is 1.39. The number of nitro groups is 1. The predicted molar refractivity (Wildman–Crippen MR) is 104 cm³/mol. The van der Waals surface area contributed by atoms with Crippen LogP contribution in [-0.4, -0.2) is 26.9 Å². The Balaban J connectivity index is 1.53. The summed E-state index contributed by atoms with van der Waals surface area (Å²) in [6, 6.07) is 12.8. The summed E-state index contributed by atoms with van der Waals surface area (Å²) in [5.74, 6) is -0.630. The van der Waals surface area contributed by atoms with Crippen molar-refractivity contribution in [1.29, 1.82) is 0 Å². The molecule has 29 heavy (non-hydrogen) atoms. The average Bonchev–Trinajstić information content (AvgIpc) is 2.70. The van der Waals surface area contributed by atoms with Gasteiger partial charge in [0.2, 0.25) is 5.91 Å². The quantitative estimate of drug-likeness (QED) is 0.487. The second kappa shape index (κ2) is 8.87. The fourth-order valence-corrected chi connectivity index (χ4v) is 2.67. The van der Waals surface area contributed by atoms with Gasteiger partial charge in [-0.1, -0.05) is 12.1 Å². The van der Waals surface area contributed by atoms with Crippen LogP contribution in [0.25, 0.3) is 11.3 Å². The SMILES string of the molecule is O=C(Cc1ccc([N+](=O)[O-])cc1)NCCn1cnc(-c2ccc(F)cc2)cc1=O.